The number of benzene rings is 1. The Hall–Kier alpha value is -2.18. The third-order valence-corrected chi connectivity index (χ3v) is 4.68. The van der Waals surface area contributed by atoms with E-state index >= 15 is 0 Å². The first-order valence-corrected chi connectivity index (χ1v) is 8.64. The van der Waals surface area contributed by atoms with Gasteiger partial charge in [0.25, 0.3) is 5.91 Å². The van der Waals surface area contributed by atoms with Crippen LogP contribution in [0.2, 0.25) is 0 Å². The van der Waals surface area contributed by atoms with Crippen molar-refractivity contribution in [3.63, 3.8) is 0 Å². The predicted octanol–water partition coefficient (Wildman–Crippen LogP) is 1.30. The van der Waals surface area contributed by atoms with Crippen LogP contribution in [0.15, 0.2) is 29.2 Å². The molecule has 1 aliphatic rings. The molecule has 0 spiro atoms. The van der Waals surface area contributed by atoms with Crippen LogP contribution < -0.4 is 10.7 Å². The van der Waals surface area contributed by atoms with E-state index in [-0.39, 0.29) is 23.0 Å². The van der Waals surface area contributed by atoms with Gasteiger partial charge in [0.1, 0.15) is 5.56 Å². The van der Waals surface area contributed by atoms with Crippen LogP contribution in [-0.4, -0.2) is 54.8 Å². The first-order chi connectivity index (χ1) is 12.0. The molecule has 2 heterocycles. The van der Waals surface area contributed by atoms with Crippen molar-refractivity contribution in [2.24, 2.45) is 7.05 Å². The normalized spacial score (nSPS) is 18.4. The van der Waals surface area contributed by atoms with E-state index in [1.54, 1.807) is 6.20 Å². The molecule has 1 fully saturated rings. The summed E-state index contributed by atoms with van der Waals surface area (Å²) >= 11 is 0. The largest absolute Gasteiger partial charge is 0.375 e. The monoisotopic (exact) mass is 343 g/mol. The number of pyridine rings is 1. The second-order valence-electron chi connectivity index (χ2n) is 6.80. The molecular formula is C19H25N3O3. The first-order valence-electron chi connectivity index (χ1n) is 8.64. The Balaban J connectivity index is 1.72. The number of aromatic nitrogens is 1. The van der Waals surface area contributed by atoms with E-state index in [9.17, 15) is 9.59 Å². The maximum Gasteiger partial charge on any atom is 0.256 e. The molecule has 0 unspecified atom stereocenters. The average molecular weight is 343 g/mol. The van der Waals surface area contributed by atoms with E-state index in [0.717, 1.165) is 37.2 Å². The second kappa shape index (κ2) is 7.37. The summed E-state index contributed by atoms with van der Waals surface area (Å²) in [5, 5.41) is 3.43. The van der Waals surface area contributed by atoms with Crippen molar-refractivity contribution in [1.29, 1.82) is 0 Å². The Morgan fingerprint density at radius 3 is 2.92 bits per heavy atom. The topological polar surface area (TPSA) is 63.6 Å². The highest BCUT2D eigenvalue weighted by Gasteiger charge is 2.19. The van der Waals surface area contributed by atoms with Crippen molar-refractivity contribution in [3.8, 4) is 0 Å². The van der Waals surface area contributed by atoms with Crippen LogP contribution >= 0.6 is 0 Å². The summed E-state index contributed by atoms with van der Waals surface area (Å²) in [7, 11) is 3.91. The Bertz CT molecular complexity index is 844. The third-order valence-electron chi connectivity index (χ3n) is 4.68. The zero-order valence-corrected chi connectivity index (χ0v) is 15.0. The fraction of sp³-hybridized carbons (Fsp3) is 0.474. The minimum atomic E-state index is -0.326. The summed E-state index contributed by atoms with van der Waals surface area (Å²) in [5.74, 6) is -0.326. The molecule has 6 heteroatoms. The molecule has 0 bridgehead atoms. The van der Waals surface area contributed by atoms with Crippen molar-refractivity contribution in [3.05, 3.63) is 45.7 Å². The number of nitrogens with zero attached hydrogens (tertiary/aromatic N) is 2. The van der Waals surface area contributed by atoms with Gasteiger partial charge in [-0.2, -0.15) is 0 Å². The van der Waals surface area contributed by atoms with Gasteiger partial charge in [-0.15, -0.1) is 0 Å². The van der Waals surface area contributed by atoms with Gasteiger partial charge in [0.05, 0.1) is 18.2 Å². The molecule has 1 amide bonds. The van der Waals surface area contributed by atoms with Crippen molar-refractivity contribution in [1.82, 2.24) is 14.8 Å². The molecule has 25 heavy (non-hydrogen) atoms. The molecule has 1 aromatic carbocycles. The first kappa shape index (κ1) is 17.6. The lowest BCUT2D eigenvalue weighted by molar-refractivity contribution is -0.0226. The van der Waals surface area contributed by atoms with Crippen molar-refractivity contribution in [2.45, 2.75) is 19.4 Å². The molecule has 1 saturated heterocycles. The van der Waals surface area contributed by atoms with Gasteiger partial charge in [-0.25, -0.2) is 0 Å². The highest BCUT2D eigenvalue weighted by atomic mass is 16.5. The summed E-state index contributed by atoms with van der Waals surface area (Å²) < 4.78 is 7.51. The van der Waals surface area contributed by atoms with Gasteiger partial charge in [0.2, 0.25) is 5.43 Å². The molecule has 2 aromatic rings. The Morgan fingerprint density at radius 1 is 1.36 bits per heavy atom. The Kier molecular flexibility index (Phi) is 5.20. The second-order valence-corrected chi connectivity index (χ2v) is 6.80. The van der Waals surface area contributed by atoms with Crippen LogP contribution in [0.1, 0.15) is 22.3 Å². The lowest BCUT2D eigenvalue weighted by atomic mass is 10.1. The minimum absolute atomic E-state index is 0.126. The fourth-order valence-electron chi connectivity index (χ4n) is 3.25. The van der Waals surface area contributed by atoms with Gasteiger partial charge in [0, 0.05) is 38.3 Å². The number of rotatable bonds is 4. The van der Waals surface area contributed by atoms with E-state index in [2.05, 4.69) is 17.3 Å². The van der Waals surface area contributed by atoms with Crippen LogP contribution in [-0.2, 0) is 11.8 Å². The number of carbonyl (C=O) groups excluding carboxylic acids is 1. The van der Waals surface area contributed by atoms with Gasteiger partial charge in [-0.1, -0.05) is 11.6 Å². The maximum atomic E-state index is 12.7. The number of ether oxygens (including phenoxy) is 1. The quantitative estimate of drug-likeness (QED) is 0.909. The molecule has 1 N–H and O–H groups in total. The summed E-state index contributed by atoms with van der Waals surface area (Å²) in [5.41, 5.74) is 1.79. The van der Waals surface area contributed by atoms with Crippen LogP contribution in [0.3, 0.4) is 0 Å². The predicted molar refractivity (Wildman–Crippen MR) is 98.1 cm³/mol. The molecule has 1 atom stereocenters. The van der Waals surface area contributed by atoms with Gasteiger partial charge in [0.15, 0.2) is 0 Å². The minimum Gasteiger partial charge on any atom is -0.375 e. The number of likely N-dealkylation sites (N-methyl/N-ethyl adjacent to an activating group) is 1. The number of morpholine rings is 1. The molecule has 3 rings (SSSR count). The maximum absolute atomic E-state index is 12.7. The smallest absolute Gasteiger partial charge is 0.256 e. The van der Waals surface area contributed by atoms with E-state index < -0.39 is 0 Å². The van der Waals surface area contributed by atoms with Crippen LogP contribution in [0, 0.1) is 6.92 Å². The van der Waals surface area contributed by atoms with Gasteiger partial charge < -0.3 is 19.5 Å². The van der Waals surface area contributed by atoms with Crippen LogP contribution in [0.5, 0.6) is 0 Å². The molecule has 1 aromatic heterocycles. The molecular weight excluding hydrogens is 318 g/mol. The summed E-state index contributed by atoms with van der Waals surface area (Å²) in [6.07, 6.45) is 2.48. The number of fused-ring (bicyclic) bond motifs is 1. The number of amides is 1. The summed E-state index contributed by atoms with van der Waals surface area (Å²) in [6, 6.07) is 5.70. The number of hydrogen-bond acceptors (Lipinski definition) is 4. The number of nitrogens with one attached hydrogen (secondary N) is 1. The molecule has 0 aliphatic carbocycles. The molecule has 1 aliphatic heterocycles. The summed E-state index contributed by atoms with van der Waals surface area (Å²) in [4.78, 5) is 27.4. The SMILES string of the molecule is Cc1ccc2c(c1)c(=O)c(C(=O)NCC[C@H]1CN(C)CCO1)cn2C. The van der Waals surface area contributed by atoms with Crippen molar-refractivity contribution in [2.75, 3.05) is 33.3 Å². The standard InChI is InChI=1S/C19H25N3O3/c1-13-4-5-17-15(10-13)18(23)16(12-22(17)3)19(24)20-7-6-14-11-21(2)8-9-25-14/h4-5,10,12,14H,6-9,11H2,1-3H3,(H,20,24)/t14-/m0/s1. The fourth-order valence-corrected chi connectivity index (χ4v) is 3.25. The highest BCUT2D eigenvalue weighted by molar-refractivity contribution is 5.97. The van der Waals surface area contributed by atoms with E-state index in [4.69, 9.17) is 4.74 Å². The number of carbonyl (C=O) groups is 1. The Morgan fingerprint density at radius 2 is 2.16 bits per heavy atom. The van der Waals surface area contributed by atoms with E-state index in [0.29, 0.717) is 11.9 Å². The molecule has 6 nitrogen and oxygen atoms in total. The van der Waals surface area contributed by atoms with Crippen LogP contribution in [0.4, 0.5) is 0 Å². The zero-order chi connectivity index (χ0) is 18.0. The average Bonchev–Trinajstić information content (AvgIpc) is 2.58. The van der Waals surface area contributed by atoms with Crippen molar-refractivity contribution < 1.29 is 9.53 Å². The lowest BCUT2D eigenvalue weighted by Crippen LogP contribution is -2.41. The summed E-state index contributed by atoms with van der Waals surface area (Å²) in [6.45, 7) is 4.96. The molecule has 0 saturated carbocycles. The van der Waals surface area contributed by atoms with E-state index in [1.807, 2.05) is 36.7 Å². The highest BCUT2D eigenvalue weighted by Crippen LogP contribution is 2.13. The van der Waals surface area contributed by atoms with Gasteiger partial charge in [-0.3, -0.25) is 9.59 Å². The third kappa shape index (κ3) is 3.91. The number of aryl methyl sites for hydroxylation is 2. The van der Waals surface area contributed by atoms with Gasteiger partial charge >= 0.3 is 0 Å². The molecule has 0 radical (unpaired) electrons. The van der Waals surface area contributed by atoms with Crippen LogP contribution in [0.25, 0.3) is 10.9 Å². The lowest BCUT2D eigenvalue weighted by Gasteiger charge is -2.30. The van der Waals surface area contributed by atoms with Crippen molar-refractivity contribution >= 4 is 16.8 Å². The Labute approximate surface area is 147 Å². The number of hydrogen-bond donors (Lipinski definition) is 1. The van der Waals surface area contributed by atoms with E-state index in [1.165, 1.54) is 0 Å². The van der Waals surface area contributed by atoms with Gasteiger partial charge in [-0.05, 0) is 32.5 Å². The zero-order valence-electron chi connectivity index (χ0n) is 15.0. The molecule has 134 valence electrons.